The normalized spacial score (nSPS) is 19.9. The molecule has 0 bridgehead atoms. The summed E-state index contributed by atoms with van der Waals surface area (Å²) in [6.07, 6.45) is 1.15. The Hall–Kier alpha value is -1.40. The van der Waals surface area contributed by atoms with E-state index >= 15 is 0 Å². The molecule has 0 unspecified atom stereocenters. The van der Waals surface area contributed by atoms with Gasteiger partial charge in [0.1, 0.15) is 0 Å². The minimum absolute atomic E-state index is 0.368. The molecule has 2 aromatic heterocycles. The molecule has 1 aliphatic rings. The van der Waals surface area contributed by atoms with Gasteiger partial charge in [-0.2, -0.15) is 4.98 Å². The largest absolute Gasteiger partial charge is 0.368 e. The number of likely N-dealkylation sites (N-methyl/N-ethyl adjacent to an activating group) is 1. The molecule has 0 aliphatic carbocycles. The van der Waals surface area contributed by atoms with E-state index in [1.54, 1.807) is 11.3 Å². The number of aryl methyl sites for hydroxylation is 1. The van der Waals surface area contributed by atoms with Crippen LogP contribution in [0.1, 0.15) is 12.0 Å². The van der Waals surface area contributed by atoms with E-state index in [0.717, 1.165) is 35.5 Å². The molecular formula is C12H17N5S. The molecule has 5 nitrogen and oxygen atoms in total. The second kappa shape index (κ2) is 4.37. The fourth-order valence-corrected chi connectivity index (χ4v) is 3.44. The number of hydrogen-bond donors (Lipinski definition) is 2. The van der Waals surface area contributed by atoms with Crippen LogP contribution >= 0.6 is 11.3 Å². The van der Waals surface area contributed by atoms with Gasteiger partial charge in [0, 0.05) is 19.1 Å². The summed E-state index contributed by atoms with van der Waals surface area (Å²) >= 11 is 1.70. The summed E-state index contributed by atoms with van der Waals surface area (Å²) in [5, 5.41) is 5.44. The molecule has 0 radical (unpaired) electrons. The third-order valence-corrected chi connectivity index (χ3v) is 4.57. The number of nitrogens with two attached hydrogens (primary N) is 1. The highest BCUT2D eigenvalue weighted by Gasteiger charge is 2.25. The molecular weight excluding hydrogens is 246 g/mol. The van der Waals surface area contributed by atoms with Crippen LogP contribution in [0, 0.1) is 6.92 Å². The Kier molecular flexibility index (Phi) is 2.83. The molecule has 1 aliphatic heterocycles. The van der Waals surface area contributed by atoms with Gasteiger partial charge in [-0.25, -0.2) is 4.98 Å². The summed E-state index contributed by atoms with van der Waals surface area (Å²) in [6, 6.07) is 0.539. The maximum Gasteiger partial charge on any atom is 0.222 e. The minimum atomic E-state index is 0.368. The average Bonchev–Trinajstić information content (AvgIpc) is 2.96. The summed E-state index contributed by atoms with van der Waals surface area (Å²) < 4.78 is 1.15. The van der Waals surface area contributed by atoms with Crippen LogP contribution in [-0.2, 0) is 0 Å². The van der Waals surface area contributed by atoms with Crippen molar-refractivity contribution in [3.63, 3.8) is 0 Å². The number of thiophene rings is 1. The van der Waals surface area contributed by atoms with E-state index in [0.29, 0.717) is 12.0 Å². The van der Waals surface area contributed by atoms with Crippen molar-refractivity contribution in [3.05, 3.63) is 10.9 Å². The number of aromatic nitrogens is 2. The molecule has 3 rings (SSSR count). The highest BCUT2D eigenvalue weighted by molar-refractivity contribution is 7.18. The maximum absolute atomic E-state index is 5.83. The van der Waals surface area contributed by atoms with Gasteiger partial charge in [-0.15, -0.1) is 11.3 Å². The van der Waals surface area contributed by atoms with Crippen LogP contribution in [0.2, 0.25) is 0 Å². The summed E-state index contributed by atoms with van der Waals surface area (Å²) in [4.78, 5) is 11.1. The quantitative estimate of drug-likeness (QED) is 0.857. The van der Waals surface area contributed by atoms with Crippen molar-refractivity contribution in [2.24, 2.45) is 0 Å². The SMILES string of the molecule is CN[C@@H]1CCN(c2nc(N)nc3c(C)csc23)C1. The van der Waals surface area contributed by atoms with Gasteiger partial charge in [-0.3, -0.25) is 0 Å². The fraction of sp³-hybridized carbons (Fsp3) is 0.500. The number of fused-ring (bicyclic) bond motifs is 1. The van der Waals surface area contributed by atoms with Gasteiger partial charge >= 0.3 is 0 Å². The van der Waals surface area contributed by atoms with Crippen LogP contribution in [0.4, 0.5) is 11.8 Å². The maximum atomic E-state index is 5.83. The Morgan fingerprint density at radius 2 is 2.33 bits per heavy atom. The molecule has 0 amide bonds. The summed E-state index contributed by atoms with van der Waals surface area (Å²) in [7, 11) is 2.01. The molecule has 1 fully saturated rings. The average molecular weight is 263 g/mol. The number of nitrogen functional groups attached to an aromatic ring is 1. The molecule has 0 aromatic carbocycles. The Labute approximate surface area is 110 Å². The van der Waals surface area contributed by atoms with Crippen LogP contribution in [0.3, 0.4) is 0 Å². The third kappa shape index (κ3) is 1.81. The highest BCUT2D eigenvalue weighted by Crippen LogP contribution is 2.33. The predicted molar refractivity (Wildman–Crippen MR) is 76.2 cm³/mol. The van der Waals surface area contributed by atoms with Gasteiger partial charge in [-0.05, 0) is 31.3 Å². The van der Waals surface area contributed by atoms with E-state index in [1.807, 2.05) is 7.05 Å². The second-order valence-electron chi connectivity index (χ2n) is 4.72. The van der Waals surface area contributed by atoms with E-state index in [4.69, 9.17) is 5.73 Å². The number of rotatable bonds is 2. The smallest absolute Gasteiger partial charge is 0.222 e. The van der Waals surface area contributed by atoms with E-state index in [-0.39, 0.29) is 0 Å². The lowest BCUT2D eigenvalue weighted by atomic mass is 10.3. The summed E-state index contributed by atoms with van der Waals surface area (Å²) in [6.45, 7) is 4.07. The number of anilines is 2. The Morgan fingerprint density at radius 3 is 3.06 bits per heavy atom. The Morgan fingerprint density at radius 1 is 1.50 bits per heavy atom. The lowest BCUT2D eigenvalue weighted by molar-refractivity contribution is 0.616. The second-order valence-corrected chi connectivity index (χ2v) is 5.60. The molecule has 18 heavy (non-hydrogen) atoms. The van der Waals surface area contributed by atoms with Crippen molar-refractivity contribution < 1.29 is 0 Å². The van der Waals surface area contributed by atoms with Crippen LogP contribution in [0.15, 0.2) is 5.38 Å². The van der Waals surface area contributed by atoms with Gasteiger partial charge in [0.05, 0.1) is 10.2 Å². The molecule has 6 heteroatoms. The topological polar surface area (TPSA) is 67.1 Å². The molecule has 1 saturated heterocycles. The number of nitrogens with one attached hydrogen (secondary N) is 1. The van der Waals surface area contributed by atoms with Crippen molar-refractivity contribution in [3.8, 4) is 0 Å². The molecule has 1 atom stereocenters. The lowest BCUT2D eigenvalue weighted by Gasteiger charge is -2.18. The van der Waals surface area contributed by atoms with Crippen molar-refractivity contribution in [2.45, 2.75) is 19.4 Å². The van der Waals surface area contributed by atoms with Crippen LogP contribution < -0.4 is 16.0 Å². The molecule has 0 saturated carbocycles. The van der Waals surface area contributed by atoms with Gasteiger partial charge in [-0.1, -0.05) is 0 Å². The van der Waals surface area contributed by atoms with Crippen molar-refractivity contribution in [1.82, 2.24) is 15.3 Å². The number of nitrogens with zero attached hydrogens (tertiary/aromatic N) is 3. The molecule has 3 N–H and O–H groups in total. The molecule has 0 spiro atoms. The first kappa shape index (κ1) is 11.7. The Bertz CT molecular complexity index is 579. The first-order valence-electron chi connectivity index (χ1n) is 6.12. The summed E-state index contributed by atoms with van der Waals surface area (Å²) in [5.41, 5.74) is 8.00. The van der Waals surface area contributed by atoms with E-state index in [9.17, 15) is 0 Å². The molecule has 2 aromatic rings. The van der Waals surface area contributed by atoms with Crippen molar-refractivity contribution >= 4 is 33.3 Å². The molecule has 3 heterocycles. The highest BCUT2D eigenvalue weighted by atomic mass is 32.1. The van der Waals surface area contributed by atoms with Gasteiger partial charge in [0.15, 0.2) is 5.82 Å². The van der Waals surface area contributed by atoms with Crippen LogP contribution in [-0.4, -0.2) is 36.1 Å². The zero-order valence-corrected chi connectivity index (χ0v) is 11.4. The van der Waals surface area contributed by atoms with Gasteiger partial charge in [0.25, 0.3) is 0 Å². The first-order valence-corrected chi connectivity index (χ1v) is 7.00. The van der Waals surface area contributed by atoms with Gasteiger partial charge < -0.3 is 16.0 Å². The fourth-order valence-electron chi connectivity index (χ4n) is 2.44. The zero-order valence-electron chi connectivity index (χ0n) is 10.6. The van der Waals surface area contributed by atoms with E-state index < -0.39 is 0 Å². The van der Waals surface area contributed by atoms with E-state index in [2.05, 4.69) is 32.5 Å². The van der Waals surface area contributed by atoms with Crippen molar-refractivity contribution in [1.29, 1.82) is 0 Å². The zero-order chi connectivity index (χ0) is 12.7. The van der Waals surface area contributed by atoms with Crippen LogP contribution in [0.25, 0.3) is 10.2 Å². The first-order chi connectivity index (χ1) is 8.69. The Balaban J connectivity index is 2.06. The number of hydrogen-bond acceptors (Lipinski definition) is 6. The standard InChI is InChI=1S/C12H17N5S/c1-7-6-18-10-9(7)15-12(13)16-11(10)17-4-3-8(5-17)14-2/h6,8,14H,3-5H2,1-2H3,(H2,13,15,16)/t8-/m1/s1. The summed E-state index contributed by atoms with van der Waals surface area (Å²) in [5.74, 6) is 1.36. The van der Waals surface area contributed by atoms with Crippen LogP contribution in [0.5, 0.6) is 0 Å². The lowest BCUT2D eigenvalue weighted by Crippen LogP contribution is -2.30. The predicted octanol–water partition coefficient (Wildman–Crippen LogP) is 1.38. The monoisotopic (exact) mass is 263 g/mol. The van der Waals surface area contributed by atoms with Crippen molar-refractivity contribution in [2.75, 3.05) is 30.8 Å². The van der Waals surface area contributed by atoms with Gasteiger partial charge in [0.2, 0.25) is 5.95 Å². The third-order valence-electron chi connectivity index (χ3n) is 3.49. The molecule has 96 valence electrons. The van der Waals surface area contributed by atoms with E-state index in [1.165, 1.54) is 5.56 Å². The minimum Gasteiger partial charge on any atom is -0.368 e.